The van der Waals surface area contributed by atoms with Crippen LogP contribution < -0.4 is 0 Å². The molecular formula is C13H14. The van der Waals surface area contributed by atoms with Crippen LogP contribution in [0, 0.1) is 18.3 Å². The lowest BCUT2D eigenvalue weighted by atomic mass is 9.79. The van der Waals surface area contributed by atoms with Crippen molar-refractivity contribution in [3.05, 3.63) is 35.4 Å². The molecule has 0 aliphatic heterocycles. The quantitative estimate of drug-likeness (QED) is 0.525. The predicted octanol–water partition coefficient (Wildman–Crippen LogP) is 2.77. The summed E-state index contributed by atoms with van der Waals surface area (Å²) in [5.41, 5.74) is 3.01. The molecule has 1 aliphatic rings. The van der Waals surface area contributed by atoms with Gasteiger partial charge in [-0.3, -0.25) is 0 Å². The summed E-state index contributed by atoms with van der Waals surface area (Å²) in [5.74, 6) is 3.27. The molecule has 0 bridgehead atoms. The van der Waals surface area contributed by atoms with Crippen molar-refractivity contribution < 1.29 is 0 Å². The van der Waals surface area contributed by atoms with Crippen LogP contribution in [-0.2, 0) is 11.8 Å². The Bertz CT molecular complexity index is 366. The third kappa shape index (κ3) is 1.08. The van der Waals surface area contributed by atoms with Gasteiger partial charge in [-0.25, -0.2) is 0 Å². The summed E-state index contributed by atoms with van der Waals surface area (Å²) < 4.78 is 0. The Hall–Kier alpha value is -1.22. The van der Waals surface area contributed by atoms with E-state index >= 15 is 0 Å². The maximum Gasteiger partial charge on any atom is 0.0332 e. The molecule has 1 aromatic carbocycles. The molecule has 0 N–H and O–H groups in total. The van der Waals surface area contributed by atoms with Crippen molar-refractivity contribution in [3.8, 4) is 12.3 Å². The molecule has 0 amide bonds. The minimum atomic E-state index is 0.158. The van der Waals surface area contributed by atoms with Crippen molar-refractivity contribution in [2.24, 2.45) is 5.92 Å². The topological polar surface area (TPSA) is 0 Å². The van der Waals surface area contributed by atoms with E-state index in [9.17, 15) is 0 Å². The molecule has 0 saturated carbocycles. The summed E-state index contributed by atoms with van der Waals surface area (Å²) >= 11 is 0. The Kier molecular flexibility index (Phi) is 1.70. The number of terminal acetylenes is 1. The summed E-state index contributed by atoms with van der Waals surface area (Å²) in [6.07, 6.45) is 6.58. The average molecular weight is 170 g/mol. The summed E-state index contributed by atoms with van der Waals surface area (Å²) in [4.78, 5) is 0. The summed E-state index contributed by atoms with van der Waals surface area (Å²) in [6.45, 7) is 4.48. The van der Waals surface area contributed by atoms with Crippen molar-refractivity contribution in [3.63, 3.8) is 0 Å². The van der Waals surface area contributed by atoms with Gasteiger partial charge >= 0.3 is 0 Å². The number of hydrogen-bond donors (Lipinski definition) is 0. The zero-order valence-electron chi connectivity index (χ0n) is 8.17. The minimum absolute atomic E-state index is 0.158. The highest BCUT2D eigenvalue weighted by Gasteiger charge is 2.37. The first-order valence-electron chi connectivity index (χ1n) is 4.71. The van der Waals surface area contributed by atoms with Crippen LogP contribution in [0.2, 0.25) is 0 Å². The largest absolute Gasteiger partial charge is 0.120 e. The molecule has 0 fully saturated rings. The molecule has 1 unspecified atom stereocenters. The lowest BCUT2D eigenvalue weighted by Gasteiger charge is -2.24. The molecule has 0 aromatic heterocycles. The molecule has 0 spiro atoms. The third-order valence-corrected chi connectivity index (χ3v) is 3.21. The summed E-state index contributed by atoms with van der Waals surface area (Å²) in [7, 11) is 0. The van der Waals surface area contributed by atoms with Crippen molar-refractivity contribution in [2.75, 3.05) is 0 Å². The van der Waals surface area contributed by atoms with Crippen LogP contribution in [0.15, 0.2) is 24.3 Å². The van der Waals surface area contributed by atoms with Gasteiger partial charge < -0.3 is 0 Å². The first-order valence-corrected chi connectivity index (χ1v) is 4.71. The van der Waals surface area contributed by atoms with E-state index in [0.29, 0.717) is 5.92 Å². The molecule has 1 aromatic rings. The summed E-state index contributed by atoms with van der Waals surface area (Å²) in [5, 5.41) is 0. The lowest BCUT2D eigenvalue weighted by molar-refractivity contribution is 0.432. The fourth-order valence-corrected chi connectivity index (χ4v) is 2.26. The Labute approximate surface area is 80.0 Å². The molecule has 1 aliphatic carbocycles. The smallest absolute Gasteiger partial charge is 0.0332 e. The van der Waals surface area contributed by atoms with E-state index in [4.69, 9.17) is 6.42 Å². The first kappa shape index (κ1) is 8.38. The van der Waals surface area contributed by atoms with Crippen LogP contribution in [0.4, 0.5) is 0 Å². The van der Waals surface area contributed by atoms with Crippen LogP contribution in [0.1, 0.15) is 25.0 Å². The van der Waals surface area contributed by atoms with Crippen LogP contribution in [0.3, 0.4) is 0 Å². The number of hydrogen-bond acceptors (Lipinski definition) is 0. The van der Waals surface area contributed by atoms with Gasteiger partial charge in [-0.05, 0) is 17.5 Å². The SMILES string of the molecule is C#CC1Cc2ccccc2C1(C)C. The normalized spacial score (nSPS) is 23.6. The van der Waals surface area contributed by atoms with Gasteiger partial charge in [0.2, 0.25) is 0 Å². The Morgan fingerprint density at radius 1 is 1.38 bits per heavy atom. The van der Waals surface area contributed by atoms with Gasteiger partial charge in [-0.1, -0.05) is 38.1 Å². The molecule has 0 heteroatoms. The van der Waals surface area contributed by atoms with E-state index in [1.807, 2.05) is 0 Å². The first-order chi connectivity index (χ1) is 6.16. The van der Waals surface area contributed by atoms with E-state index < -0.39 is 0 Å². The number of rotatable bonds is 0. The maximum atomic E-state index is 5.54. The maximum absolute atomic E-state index is 5.54. The van der Waals surface area contributed by atoms with Crippen LogP contribution >= 0.6 is 0 Å². The highest BCUT2D eigenvalue weighted by Crippen LogP contribution is 2.42. The standard InChI is InChI=1S/C13H14/c1-4-11-9-10-7-5-6-8-12(10)13(11,2)3/h1,5-8,11H,9H2,2-3H3. The van der Waals surface area contributed by atoms with E-state index in [-0.39, 0.29) is 5.41 Å². The van der Waals surface area contributed by atoms with Crippen molar-refractivity contribution >= 4 is 0 Å². The fourth-order valence-electron chi connectivity index (χ4n) is 2.26. The Morgan fingerprint density at radius 2 is 2.08 bits per heavy atom. The highest BCUT2D eigenvalue weighted by atomic mass is 14.4. The zero-order valence-corrected chi connectivity index (χ0v) is 8.17. The Balaban J connectivity index is 2.55. The predicted molar refractivity (Wildman–Crippen MR) is 55.5 cm³/mol. The molecule has 0 radical (unpaired) electrons. The molecule has 1 atom stereocenters. The average Bonchev–Trinajstić information content (AvgIpc) is 2.39. The molecule has 13 heavy (non-hydrogen) atoms. The van der Waals surface area contributed by atoms with Crippen molar-refractivity contribution in [2.45, 2.75) is 25.7 Å². The Morgan fingerprint density at radius 3 is 2.69 bits per heavy atom. The second-order valence-electron chi connectivity index (χ2n) is 4.30. The third-order valence-electron chi connectivity index (χ3n) is 3.21. The monoisotopic (exact) mass is 170 g/mol. The second kappa shape index (κ2) is 2.64. The van der Waals surface area contributed by atoms with Gasteiger partial charge in [-0.15, -0.1) is 12.3 Å². The van der Waals surface area contributed by atoms with Gasteiger partial charge in [0.25, 0.3) is 0 Å². The van der Waals surface area contributed by atoms with Crippen LogP contribution in [-0.4, -0.2) is 0 Å². The van der Waals surface area contributed by atoms with E-state index in [2.05, 4.69) is 44.0 Å². The highest BCUT2D eigenvalue weighted by molar-refractivity contribution is 5.41. The van der Waals surface area contributed by atoms with E-state index in [1.165, 1.54) is 11.1 Å². The van der Waals surface area contributed by atoms with E-state index in [0.717, 1.165) is 6.42 Å². The number of benzene rings is 1. The van der Waals surface area contributed by atoms with Crippen molar-refractivity contribution in [1.29, 1.82) is 0 Å². The molecule has 2 rings (SSSR count). The van der Waals surface area contributed by atoms with Crippen molar-refractivity contribution in [1.82, 2.24) is 0 Å². The second-order valence-corrected chi connectivity index (χ2v) is 4.30. The van der Waals surface area contributed by atoms with Gasteiger partial charge in [0.1, 0.15) is 0 Å². The molecule has 66 valence electrons. The summed E-state index contributed by atoms with van der Waals surface area (Å²) in [6, 6.07) is 8.58. The van der Waals surface area contributed by atoms with Gasteiger partial charge in [-0.2, -0.15) is 0 Å². The van der Waals surface area contributed by atoms with Crippen LogP contribution in [0.25, 0.3) is 0 Å². The van der Waals surface area contributed by atoms with Gasteiger partial charge in [0.05, 0.1) is 0 Å². The van der Waals surface area contributed by atoms with Crippen LogP contribution in [0.5, 0.6) is 0 Å². The molecule has 0 saturated heterocycles. The molecular weight excluding hydrogens is 156 g/mol. The number of fused-ring (bicyclic) bond motifs is 1. The zero-order chi connectivity index (χ0) is 9.47. The van der Waals surface area contributed by atoms with Gasteiger partial charge in [0, 0.05) is 11.3 Å². The van der Waals surface area contributed by atoms with Gasteiger partial charge in [0.15, 0.2) is 0 Å². The lowest BCUT2D eigenvalue weighted by Crippen LogP contribution is -2.22. The molecule has 0 nitrogen and oxygen atoms in total. The molecule has 0 heterocycles. The minimum Gasteiger partial charge on any atom is -0.120 e. The fraction of sp³-hybridized carbons (Fsp3) is 0.385. The van der Waals surface area contributed by atoms with E-state index in [1.54, 1.807) is 0 Å².